The fourth-order valence-corrected chi connectivity index (χ4v) is 5.42. The van der Waals surface area contributed by atoms with E-state index in [1.807, 2.05) is 0 Å². The number of nitrogens with zero attached hydrogens (tertiary/aromatic N) is 5. The molecular weight excluding hydrogens is 459 g/mol. The number of nitrogen functional groups attached to an aromatic ring is 1. The SMILES string of the molecule is Nc1ncnc2c1ncn2[C@@H]1O[C@H](C[Se](=O)=N[C@@H](CCS)C(=O)O)[C@@H](O)[C@H]1O. The number of carbonyl (C=O) groups is 1. The number of carboxylic acids is 1. The van der Waals surface area contributed by atoms with Crippen molar-refractivity contribution in [2.45, 2.75) is 42.3 Å². The Morgan fingerprint density at radius 1 is 1.39 bits per heavy atom. The number of aromatic nitrogens is 4. The number of aliphatic hydroxyl groups excluding tert-OH is 2. The summed E-state index contributed by atoms with van der Waals surface area (Å²) in [5, 5.41) is 29.6. The van der Waals surface area contributed by atoms with Crippen LogP contribution in [0.4, 0.5) is 5.82 Å². The van der Waals surface area contributed by atoms with Crippen LogP contribution < -0.4 is 5.73 Å². The van der Waals surface area contributed by atoms with Gasteiger partial charge in [-0.05, 0) is 0 Å². The Hall–Kier alpha value is -1.83. The summed E-state index contributed by atoms with van der Waals surface area (Å²) in [6.07, 6.45) is -1.99. The second-order valence-corrected chi connectivity index (χ2v) is 9.03. The third-order valence-electron chi connectivity index (χ3n) is 4.24. The van der Waals surface area contributed by atoms with E-state index in [9.17, 15) is 18.8 Å². The van der Waals surface area contributed by atoms with Crippen molar-refractivity contribution < 1.29 is 28.7 Å². The number of carboxylic acid groups (broad SMARTS) is 1. The standard InChI is InChI=1S/C14H19N6O6SSe/c15-11-8-12(17-4-16-11)20(5-18-8)13-10(22)9(21)7(26-13)3-28(25)19-6(1-2-27)14(23)24/h4-7,9-10,13,21-22,27H,1-3H2,(H,23,24)(H2,15,16,17)/t6-,7+,9+,10+,13+/m0/s1. The van der Waals surface area contributed by atoms with E-state index in [0.717, 1.165) is 0 Å². The van der Waals surface area contributed by atoms with E-state index in [1.54, 1.807) is 0 Å². The van der Waals surface area contributed by atoms with E-state index in [0.29, 0.717) is 11.2 Å². The molecule has 0 spiro atoms. The Balaban J connectivity index is 1.79. The molecule has 14 heteroatoms. The topological polar surface area (TPSA) is 186 Å². The van der Waals surface area contributed by atoms with Crippen LogP contribution in [0.1, 0.15) is 12.6 Å². The molecule has 1 aliphatic rings. The van der Waals surface area contributed by atoms with Crippen molar-refractivity contribution >= 4 is 49.2 Å². The predicted octanol–water partition coefficient (Wildman–Crippen LogP) is -1.01. The summed E-state index contributed by atoms with van der Waals surface area (Å²) in [5.41, 5.74) is 6.36. The number of thiol groups is 1. The molecular formula is C14H19N6O6SSe. The van der Waals surface area contributed by atoms with E-state index in [-0.39, 0.29) is 23.3 Å². The van der Waals surface area contributed by atoms with E-state index < -0.39 is 50.2 Å². The average Bonchev–Trinajstić information content (AvgIpc) is 3.19. The van der Waals surface area contributed by atoms with Crippen molar-refractivity contribution in [1.29, 1.82) is 0 Å². The number of fused-ring (bicyclic) bond motifs is 1. The minimum atomic E-state index is -2.99. The van der Waals surface area contributed by atoms with Gasteiger partial charge in [-0.2, -0.15) is 0 Å². The molecule has 153 valence electrons. The Bertz CT molecular complexity index is 950. The molecule has 0 aromatic carbocycles. The van der Waals surface area contributed by atoms with Crippen LogP contribution in [0.5, 0.6) is 0 Å². The number of hydrogen-bond donors (Lipinski definition) is 5. The van der Waals surface area contributed by atoms with Crippen molar-refractivity contribution in [3.8, 4) is 0 Å². The van der Waals surface area contributed by atoms with Crippen LogP contribution in [0.15, 0.2) is 16.6 Å². The first kappa shape index (κ1) is 20.9. The van der Waals surface area contributed by atoms with Crippen molar-refractivity contribution in [2.24, 2.45) is 3.96 Å². The molecule has 1 saturated heterocycles. The van der Waals surface area contributed by atoms with Gasteiger partial charge in [-0.3, -0.25) is 0 Å². The molecule has 1 radical (unpaired) electrons. The maximum absolute atomic E-state index is 12.3. The average molecular weight is 478 g/mol. The first-order chi connectivity index (χ1) is 13.3. The third kappa shape index (κ3) is 4.11. The Labute approximate surface area is 168 Å². The van der Waals surface area contributed by atoms with Crippen molar-refractivity contribution in [3.63, 3.8) is 0 Å². The Morgan fingerprint density at radius 3 is 2.82 bits per heavy atom. The number of aliphatic hydroxyl groups is 2. The molecule has 5 N–H and O–H groups in total. The van der Waals surface area contributed by atoms with E-state index in [2.05, 4.69) is 31.5 Å². The summed E-state index contributed by atoms with van der Waals surface area (Å²) >= 11 is 0.977. The predicted molar refractivity (Wildman–Crippen MR) is 99.2 cm³/mol. The monoisotopic (exact) mass is 479 g/mol. The number of aliphatic carboxylic acids is 1. The van der Waals surface area contributed by atoms with Crippen molar-refractivity contribution in [3.05, 3.63) is 12.7 Å². The van der Waals surface area contributed by atoms with Gasteiger partial charge in [-0.1, -0.05) is 0 Å². The van der Waals surface area contributed by atoms with E-state index in [1.165, 1.54) is 17.2 Å². The summed E-state index contributed by atoms with van der Waals surface area (Å²) in [6.45, 7) is 0. The number of nitrogens with two attached hydrogens (primary N) is 1. The van der Waals surface area contributed by atoms with Crippen molar-refractivity contribution in [2.75, 3.05) is 11.5 Å². The minimum absolute atomic E-state index is 0.141. The summed E-state index contributed by atoms with van der Waals surface area (Å²) in [4.78, 5) is 23.1. The molecule has 1 aliphatic heterocycles. The fraction of sp³-hybridized carbons (Fsp3) is 0.571. The van der Waals surface area contributed by atoms with Crippen LogP contribution in [0.2, 0.25) is 5.32 Å². The van der Waals surface area contributed by atoms with E-state index >= 15 is 0 Å². The van der Waals surface area contributed by atoms with Gasteiger partial charge in [0.15, 0.2) is 0 Å². The molecule has 0 amide bonds. The van der Waals surface area contributed by atoms with Crippen LogP contribution in [0, 0.1) is 0 Å². The first-order valence-corrected chi connectivity index (χ1v) is 11.5. The fourth-order valence-electron chi connectivity index (χ4n) is 2.82. The number of rotatable bonds is 7. The van der Waals surface area contributed by atoms with Crippen molar-refractivity contribution in [1.82, 2.24) is 19.5 Å². The zero-order valence-electron chi connectivity index (χ0n) is 14.4. The van der Waals surface area contributed by atoms with Crippen LogP contribution in [0.25, 0.3) is 11.2 Å². The summed E-state index contributed by atoms with van der Waals surface area (Å²) < 4.78 is 23.2. The van der Waals surface area contributed by atoms with Gasteiger partial charge in [0.1, 0.15) is 0 Å². The summed E-state index contributed by atoms with van der Waals surface area (Å²) in [7, 11) is 0. The van der Waals surface area contributed by atoms with E-state index in [4.69, 9.17) is 15.6 Å². The van der Waals surface area contributed by atoms with Gasteiger partial charge in [-0.15, -0.1) is 0 Å². The molecule has 28 heavy (non-hydrogen) atoms. The molecule has 0 aliphatic carbocycles. The molecule has 1 fully saturated rings. The molecule has 12 nitrogen and oxygen atoms in total. The van der Waals surface area contributed by atoms with Gasteiger partial charge < -0.3 is 0 Å². The second-order valence-electron chi connectivity index (χ2n) is 6.09. The van der Waals surface area contributed by atoms with Gasteiger partial charge in [0.25, 0.3) is 0 Å². The normalized spacial score (nSPS) is 26.6. The molecule has 0 saturated carbocycles. The second kappa shape index (κ2) is 8.67. The Morgan fingerprint density at radius 2 is 2.14 bits per heavy atom. The molecule has 2 aromatic rings. The van der Waals surface area contributed by atoms with Gasteiger partial charge in [0.2, 0.25) is 0 Å². The summed E-state index contributed by atoms with van der Waals surface area (Å²) in [5.74, 6) is -0.754. The zero-order chi connectivity index (χ0) is 20.4. The molecule has 0 unspecified atom stereocenters. The molecule has 5 atom stereocenters. The quantitative estimate of drug-likeness (QED) is 0.244. The molecule has 3 rings (SSSR count). The third-order valence-corrected chi connectivity index (χ3v) is 6.81. The van der Waals surface area contributed by atoms with Crippen LogP contribution in [0.3, 0.4) is 0 Å². The van der Waals surface area contributed by atoms with Gasteiger partial charge in [-0.25, -0.2) is 0 Å². The van der Waals surface area contributed by atoms with Gasteiger partial charge in [0, 0.05) is 0 Å². The van der Waals surface area contributed by atoms with Gasteiger partial charge in [0.05, 0.1) is 0 Å². The summed E-state index contributed by atoms with van der Waals surface area (Å²) in [6, 6.07) is -1.13. The number of hydrogen-bond acceptors (Lipinski definition) is 11. The number of ether oxygens (including phenoxy) is 1. The first-order valence-electron chi connectivity index (χ1n) is 8.21. The van der Waals surface area contributed by atoms with Crippen LogP contribution >= 0.6 is 12.6 Å². The Kier molecular flexibility index (Phi) is 6.47. The zero-order valence-corrected chi connectivity index (χ0v) is 17.0. The molecule has 3 heterocycles. The molecule has 0 bridgehead atoms. The van der Waals surface area contributed by atoms with Crippen LogP contribution in [-0.2, 0) is 13.4 Å². The number of imidazole rings is 1. The number of anilines is 1. The molecule has 2 aromatic heterocycles. The van der Waals surface area contributed by atoms with Gasteiger partial charge >= 0.3 is 168 Å². The van der Waals surface area contributed by atoms with Crippen LogP contribution in [-0.4, -0.2) is 84.6 Å². The maximum atomic E-state index is 12.3.